The predicted octanol–water partition coefficient (Wildman–Crippen LogP) is 2.69. The zero-order valence-corrected chi connectivity index (χ0v) is 12.9. The van der Waals surface area contributed by atoms with E-state index >= 15 is 0 Å². The van der Waals surface area contributed by atoms with Crippen LogP contribution in [0, 0.1) is 5.41 Å². The van der Waals surface area contributed by atoms with Crippen molar-refractivity contribution in [1.82, 2.24) is 4.90 Å². The first-order chi connectivity index (χ1) is 9.67. The van der Waals surface area contributed by atoms with Crippen molar-refractivity contribution >= 4 is 0 Å². The molecule has 2 rings (SSSR count). The number of likely N-dealkylation sites (tertiary alicyclic amines) is 1. The Balaban J connectivity index is 2.05. The lowest BCUT2D eigenvalue weighted by Crippen LogP contribution is -2.44. The molecule has 1 atom stereocenters. The number of nitrogens with zero attached hydrogens (tertiary/aromatic N) is 1. The first-order valence-electron chi connectivity index (χ1n) is 7.71. The van der Waals surface area contributed by atoms with Crippen LogP contribution in [0.4, 0.5) is 0 Å². The molecule has 1 aromatic carbocycles. The minimum Gasteiger partial charge on any atom is -0.496 e. The third-order valence-corrected chi connectivity index (χ3v) is 4.36. The van der Waals surface area contributed by atoms with Gasteiger partial charge in [-0.15, -0.1) is 0 Å². The number of nitrogens with two attached hydrogens (primary N) is 1. The highest BCUT2D eigenvalue weighted by Crippen LogP contribution is 2.29. The molecule has 1 unspecified atom stereocenters. The summed E-state index contributed by atoms with van der Waals surface area (Å²) in [5.74, 6) is 0.978. The van der Waals surface area contributed by atoms with Crippen molar-refractivity contribution in [3.8, 4) is 5.75 Å². The minimum atomic E-state index is 0.117. The van der Waals surface area contributed by atoms with Gasteiger partial charge in [0.2, 0.25) is 0 Å². The standard InChI is InChI=1S/C17H28N2O/c1-17(13-18,14-19-10-6-3-7-11-19)12-15-8-4-5-9-16(15)20-2/h4-5,8-9H,3,6-7,10-14,18H2,1-2H3. The number of para-hydroxylation sites is 1. The van der Waals surface area contributed by atoms with E-state index < -0.39 is 0 Å². The molecule has 1 fully saturated rings. The highest BCUT2D eigenvalue weighted by atomic mass is 16.5. The number of rotatable bonds is 6. The SMILES string of the molecule is COc1ccccc1CC(C)(CN)CN1CCCCC1. The number of hydrogen-bond donors (Lipinski definition) is 1. The van der Waals surface area contributed by atoms with Gasteiger partial charge in [0.05, 0.1) is 7.11 Å². The lowest BCUT2D eigenvalue weighted by molar-refractivity contribution is 0.144. The Labute approximate surface area is 123 Å². The van der Waals surface area contributed by atoms with Crippen LogP contribution in [-0.2, 0) is 6.42 Å². The number of methoxy groups -OCH3 is 1. The fraction of sp³-hybridized carbons (Fsp3) is 0.647. The molecule has 1 saturated heterocycles. The fourth-order valence-electron chi connectivity index (χ4n) is 3.16. The maximum Gasteiger partial charge on any atom is 0.122 e. The van der Waals surface area contributed by atoms with Crippen LogP contribution in [-0.4, -0.2) is 38.2 Å². The Morgan fingerprint density at radius 3 is 2.55 bits per heavy atom. The summed E-state index contributed by atoms with van der Waals surface area (Å²) in [6.07, 6.45) is 5.01. The average Bonchev–Trinajstić information content (AvgIpc) is 2.49. The van der Waals surface area contributed by atoms with Crippen LogP contribution < -0.4 is 10.5 Å². The van der Waals surface area contributed by atoms with Gasteiger partial charge in [0.25, 0.3) is 0 Å². The molecule has 0 aliphatic carbocycles. The molecule has 1 heterocycles. The van der Waals surface area contributed by atoms with Crippen LogP contribution in [0.15, 0.2) is 24.3 Å². The first kappa shape index (κ1) is 15.3. The topological polar surface area (TPSA) is 38.5 Å². The quantitative estimate of drug-likeness (QED) is 0.868. The van der Waals surface area contributed by atoms with Crippen LogP contribution in [0.3, 0.4) is 0 Å². The van der Waals surface area contributed by atoms with Gasteiger partial charge in [0.1, 0.15) is 5.75 Å². The van der Waals surface area contributed by atoms with E-state index in [2.05, 4.69) is 24.0 Å². The summed E-state index contributed by atoms with van der Waals surface area (Å²) in [7, 11) is 1.74. The molecule has 3 nitrogen and oxygen atoms in total. The van der Waals surface area contributed by atoms with E-state index in [0.29, 0.717) is 6.54 Å². The number of benzene rings is 1. The van der Waals surface area contributed by atoms with Crippen molar-refractivity contribution in [2.45, 2.75) is 32.6 Å². The van der Waals surface area contributed by atoms with E-state index in [4.69, 9.17) is 10.5 Å². The summed E-state index contributed by atoms with van der Waals surface area (Å²) < 4.78 is 5.47. The number of piperidine rings is 1. The van der Waals surface area contributed by atoms with Crippen molar-refractivity contribution < 1.29 is 4.74 Å². The van der Waals surface area contributed by atoms with E-state index in [0.717, 1.165) is 18.7 Å². The molecule has 1 aromatic rings. The molecule has 0 spiro atoms. The summed E-state index contributed by atoms with van der Waals surface area (Å²) in [6.45, 7) is 6.54. The van der Waals surface area contributed by atoms with Gasteiger partial charge in [-0.1, -0.05) is 31.5 Å². The summed E-state index contributed by atoms with van der Waals surface area (Å²) >= 11 is 0. The monoisotopic (exact) mass is 276 g/mol. The molecule has 20 heavy (non-hydrogen) atoms. The molecule has 0 saturated carbocycles. The van der Waals surface area contributed by atoms with Gasteiger partial charge < -0.3 is 15.4 Å². The van der Waals surface area contributed by atoms with Gasteiger partial charge in [-0.3, -0.25) is 0 Å². The molecular formula is C17H28N2O. The van der Waals surface area contributed by atoms with E-state index in [-0.39, 0.29) is 5.41 Å². The van der Waals surface area contributed by atoms with Gasteiger partial charge in [-0.25, -0.2) is 0 Å². The van der Waals surface area contributed by atoms with Crippen LogP contribution in [0.1, 0.15) is 31.7 Å². The van der Waals surface area contributed by atoms with Gasteiger partial charge >= 0.3 is 0 Å². The largest absolute Gasteiger partial charge is 0.496 e. The maximum atomic E-state index is 6.10. The van der Waals surface area contributed by atoms with Gasteiger partial charge in [0, 0.05) is 6.54 Å². The van der Waals surface area contributed by atoms with Crippen LogP contribution in [0.25, 0.3) is 0 Å². The molecule has 0 amide bonds. The lowest BCUT2D eigenvalue weighted by atomic mass is 9.82. The highest BCUT2D eigenvalue weighted by Gasteiger charge is 2.27. The Bertz CT molecular complexity index is 415. The van der Waals surface area contributed by atoms with Crippen molar-refractivity contribution in [3.05, 3.63) is 29.8 Å². The summed E-state index contributed by atoms with van der Waals surface area (Å²) in [5, 5.41) is 0. The molecule has 112 valence electrons. The van der Waals surface area contributed by atoms with Crippen LogP contribution >= 0.6 is 0 Å². The summed E-state index contributed by atoms with van der Waals surface area (Å²) in [4.78, 5) is 2.58. The molecule has 3 heteroatoms. The van der Waals surface area contributed by atoms with Gasteiger partial charge in [-0.05, 0) is 55.9 Å². The zero-order chi connectivity index (χ0) is 14.4. The van der Waals surface area contributed by atoms with Gasteiger partial charge in [-0.2, -0.15) is 0 Å². The molecule has 0 aromatic heterocycles. The fourth-order valence-corrected chi connectivity index (χ4v) is 3.16. The second kappa shape index (κ2) is 7.09. The Kier molecular flexibility index (Phi) is 5.44. The number of ether oxygens (including phenoxy) is 1. The molecule has 0 bridgehead atoms. The van der Waals surface area contributed by atoms with Crippen molar-refractivity contribution in [2.75, 3.05) is 33.3 Å². The Morgan fingerprint density at radius 2 is 1.90 bits per heavy atom. The summed E-state index contributed by atoms with van der Waals surface area (Å²) in [5.41, 5.74) is 7.48. The first-order valence-corrected chi connectivity index (χ1v) is 7.71. The van der Waals surface area contributed by atoms with Crippen molar-refractivity contribution in [2.24, 2.45) is 11.1 Å². The minimum absolute atomic E-state index is 0.117. The second-order valence-corrected chi connectivity index (χ2v) is 6.34. The second-order valence-electron chi connectivity index (χ2n) is 6.34. The maximum absolute atomic E-state index is 6.10. The normalized spacial score (nSPS) is 19.6. The van der Waals surface area contributed by atoms with Gasteiger partial charge in [0.15, 0.2) is 0 Å². The molecule has 1 aliphatic heterocycles. The van der Waals surface area contributed by atoms with E-state index in [1.54, 1.807) is 7.11 Å². The molecule has 2 N–H and O–H groups in total. The lowest BCUT2D eigenvalue weighted by Gasteiger charge is -2.37. The summed E-state index contributed by atoms with van der Waals surface area (Å²) in [6, 6.07) is 8.29. The third-order valence-electron chi connectivity index (χ3n) is 4.36. The van der Waals surface area contributed by atoms with Crippen molar-refractivity contribution in [3.63, 3.8) is 0 Å². The smallest absolute Gasteiger partial charge is 0.122 e. The molecule has 1 aliphatic rings. The average molecular weight is 276 g/mol. The zero-order valence-electron chi connectivity index (χ0n) is 12.9. The Hall–Kier alpha value is -1.06. The van der Waals surface area contributed by atoms with E-state index in [9.17, 15) is 0 Å². The Morgan fingerprint density at radius 1 is 1.20 bits per heavy atom. The van der Waals surface area contributed by atoms with E-state index in [1.807, 2.05) is 12.1 Å². The molecule has 0 radical (unpaired) electrons. The third kappa shape index (κ3) is 3.97. The predicted molar refractivity (Wildman–Crippen MR) is 84.2 cm³/mol. The van der Waals surface area contributed by atoms with Crippen LogP contribution in [0.5, 0.6) is 5.75 Å². The molecular weight excluding hydrogens is 248 g/mol. The number of hydrogen-bond acceptors (Lipinski definition) is 3. The highest BCUT2D eigenvalue weighted by molar-refractivity contribution is 5.34. The van der Waals surface area contributed by atoms with Crippen molar-refractivity contribution in [1.29, 1.82) is 0 Å². The van der Waals surface area contributed by atoms with E-state index in [1.165, 1.54) is 37.9 Å². The van der Waals surface area contributed by atoms with Crippen LogP contribution in [0.2, 0.25) is 0 Å².